The molecule has 0 radical (unpaired) electrons. The Morgan fingerprint density at radius 3 is 2.84 bits per heavy atom. The quantitative estimate of drug-likeness (QED) is 0.447. The van der Waals surface area contributed by atoms with Gasteiger partial charge in [0.1, 0.15) is 11.5 Å². The van der Waals surface area contributed by atoms with Crippen molar-refractivity contribution >= 4 is 16.8 Å². The monoisotopic (exact) mass is 416 g/mol. The summed E-state index contributed by atoms with van der Waals surface area (Å²) in [6.45, 7) is 3.64. The number of carbonyl (C=O) groups is 1. The van der Waals surface area contributed by atoms with E-state index >= 15 is 0 Å². The van der Waals surface area contributed by atoms with E-state index in [0.717, 1.165) is 27.9 Å². The van der Waals surface area contributed by atoms with Gasteiger partial charge in [0.15, 0.2) is 11.5 Å². The molecule has 2 N–H and O–H groups in total. The molecule has 0 aliphatic carbocycles. The lowest BCUT2D eigenvalue weighted by Crippen LogP contribution is -2.26. The maximum atomic E-state index is 12.7. The highest BCUT2D eigenvalue weighted by Gasteiger charge is 2.18. The first-order valence-corrected chi connectivity index (χ1v) is 9.80. The van der Waals surface area contributed by atoms with Gasteiger partial charge in [-0.2, -0.15) is 10.1 Å². The van der Waals surface area contributed by atoms with Crippen LogP contribution < -0.4 is 5.32 Å². The second kappa shape index (κ2) is 7.28. The second-order valence-electron chi connectivity index (χ2n) is 7.38. The number of amides is 1. The van der Waals surface area contributed by atoms with E-state index in [1.54, 1.807) is 30.0 Å². The smallest absolute Gasteiger partial charge is 0.274 e. The number of hydrogen-bond acceptors (Lipinski definition) is 6. The molecule has 31 heavy (non-hydrogen) atoms. The highest BCUT2D eigenvalue weighted by molar-refractivity contribution is 5.94. The largest absolute Gasteiger partial charge is 0.467 e. The van der Waals surface area contributed by atoms with Crippen LogP contribution in [0.3, 0.4) is 0 Å². The summed E-state index contributed by atoms with van der Waals surface area (Å²) in [5, 5.41) is 12.1. The zero-order chi connectivity index (χ0) is 21.5. The Kier molecular flexibility index (Phi) is 4.43. The van der Waals surface area contributed by atoms with Crippen LogP contribution in [0.15, 0.2) is 57.7 Å². The average Bonchev–Trinajstić information content (AvgIpc) is 3.53. The SMILES string of the molecule is Cc1noc(-c2cc3cc(-c4cc(C(=O)NC(C)c5ccco5)nn4C)ccc3[nH]2)n1. The number of furan rings is 1. The topological polar surface area (TPSA) is 115 Å². The zero-order valence-corrected chi connectivity index (χ0v) is 17.2. The van der Waals surface area contributed by atoms with Crippen molar-refractivity contribution in [3.8, 4) is 22.8 Å². The normalized spacial score (nSPS) is 12.4. The van der Waals surface area contributed by atoms with Gasteiger partial charge in [-0.15, -0.1) is 0 Å². The van der Waals surface area contributed by atoms with Gasteiger partial charge in [-0.1, -0.05) is 11.2 Å². The molecule has 1 atom stereocenters. The summed E-state index contributed by atoms with van der Waals surface area (Å²) in [4.78, 5) is 20.2. The van der Waals surface area contributed by atoms with E-state index < -0.39 is 0 Å². The summed E-state index contributed by atoms with van der Waals surface area (Å²) in [6, 6.07) is 13.1. The van der Waals surface area contributed by atoms with Crippen molar-refractivity contribution in [1.82, 2.24) is 30.2 Å². The van der Waals surface area contributed by atoms with E-state index in [0.29, 0.717) is 23.2 Å². The Balaban J connectivity index is 1.42. The van der Waals surface area contributed by atoms with Crippen molar-refractivity contribution in [3.05, 3.63) is 66.0 Å². The standard InChI is InChI=1S/C22H20N6O3/c1-12(20-5-4-8-30-20)23-21(29)17-11-19(28(3)26-17)14-6-7-16-15(9-14)10-18(25-16)22-24-13(2)27-31-22/h4-12,25H,1-3H3,(H,23,29). The maximum absolute atomic E-state index is 12.7. The summed E-state index contributed by atoms with van der Waals surface area (Å²) < 4.78 is 12.3. The number of aromatic nitrogens is 5. The number of benzene rings is 1. The highest BCUT2D eigenvalue weighted by atomic mass is 16.5. The first-order chi connectivity index (χ1) is 15.0. The summed E-state index contributed by atoms with van der Waals surface area (Å²) in [5.74, 6) is 1.45. The van der Waals surface area contributed by atoms with Gasteiger partial charge in [0.25, 0.3) is 11.8 Å². The van der Waals surface area contributed by atoms with Gasteiger partial charge in [0.05, 0.1) is 18.0 Å². The van der Waals surface area contributed by atoms with Crippen LogP contribution in [0.1, 0.15) is 35.0 Å². The van der Waals surface area contributed by atoms with Crippen molar-refractivity contribution in [1.29, 1.82) is 0 Å². The molecule has 156 valence electrons. The summed E-state index contributed by atoms with van der Waals surface area (Å²) >= 11 is 0. The third kappa shape index (κ3) is 3.50. The maximum Gasteiger partial charge on any atom is 0.274 e. The molecule has 0 saturated carbocycles. The van der Waals surface area contributed by atoms with Crippen molar-refractivity contribution in [2.75, 3.05) is 0 Å². The lowest BCUT2D eigenvalue weighted by Gasteiger charge is -2.09. The number of nitrogens with one attached hydrogen (secondary N) is 2. The number of fused-ring (bicyclic) bond motifs is 1. The Labute approximate surface area is 177 Å². The molecule has 0 fully saturated rings. The molecule has 1 amide bonds. The van der Waals surface area contributed by atoms with Crippen LogP contribution in [0, 0.1) is 6.92 Å². The van der Waals surface area contributed by atoms with E-state index in [1.165, 1.54) is 0 Å². The Morgan fingerprint density at radius 2 is 2.10 bits per heavy atom. The molecular weight excluding hydrogens is 396 g/mol. The summed E-state index contributed by atoms with van der Waals surface area (Å²) in [5.41, 5.74) is 3.81. The van der Waals surface area contributed by atoms with Crippen LogP contribution in [0.4, 0.5) is 0 Å². The van der Waals surface area contributed by atoms with Crippen molar-refractivity contribution in [3.63, 3.8) is 0 Å². The molecule has 9 nitrogen and oxygen atoms in total. The van der Waals surface area contributed by atoms with Crippen LogP contribution in [-0.2, 0) is 7.05 Å². The van der Waals surface area contributed by atoms with Gasteiger partial charge in [0, 0.05) is 23.5 Å². The molecule has 1 aromatic carbocycles. The molecule has 4 aromatic heterocycles. The fourth-order valence-corrected chi connectivity index (χ4v) is 3.54. The van der Waals surface area contributed by atoms with Crippen molar-refractivity contribution < 1.29 is 13.7 Å². The number of nitrogens with zero attached hydrogens (tertiary/aromatic N) is 4. The summed E-state index contributed by atoms with van der Waals surface area (Å²) in [6.07, 6.45) is 1.58. The van der Waals surface area contributed by atoms with Crippen molar-refractivity contribution in [2.45, 2.75) is 19.9 Å². The summed E-state index contributed by atoms with van der Waals surface area (Å²) in [7, 11) is 1.82. The minimum Gasteiger partial charge on any atom is -0.467 e. The molecule has 9 heteroatoms. The highest BCUT2D eigenvalue weighted by Crippen LogP contribution is 2.28. The van der Waals surface area contributed by atoms with Gasteiger partial charge in [-0.25, -0.2) is 0 Å². The molecule has 5 rings (SSSR count). The second-order valence-corrected chi connectivity index (χ2v) is 7.38. The fraction of sp³-hybridized carbons (Fsp3) is 0.182. The van der Waals surface area contributed by atoms with Gasteiger partial charge >= 0.3 is 0 Å². The predicted molar refractivity (Wildman–Crippen MR) is 113 cm³/mol. The van der Waals surface area contributed by atoms with Crippen LogP contribution in [0.5, 0.6) is 0 Å². The molecule has 0 saturated heterocycles. The average molecular weight is 416 g/mol. The van der Waals surface area contributed by atoms with E-state index in [-0.39, 0.29) is 11.9 Å². The first kappa shape index (κ1) is 18.9. The number of carbonyl (C=O) groups excluding carboxylic acids is 1. The van der Waals surface area contributed by atoms with E-state index in [1.807, 2.05) is 44.3 Å². The van der Waals surface area contributed by atoms with Gasteiger partial charge in [0.2, 0.25) is 0 Å². The number of aromatic amines is 1. The number of hydrogen-bond donors (Lipinski definition) is 2. The Hall–Kier alpha value is -4.14. The number of rotatable bonds is 5. The van der Waals surface area contributed by atoms with Crippen LogP contribution in [0.2, 0.25) is 0 Å². The molecule has 5 aromatic rings. The molecule has 4 heterocycles. The van der Waals surface area contributed by atoms with Gasteiger partial charge in [-0.05, 0) is 50.2 Å². The Morgan fingerprint density at radius 1 is 1.23 bits per heavy atom. The van der Waals surface area contributed by atoms with Gasteiger partial charge < -0.3 is 19.2 Å². The van der Waals surface area contributed by atoms with E-state index in [4.69, 9.17) is 8.94 Å². The fourth-order valence-electron chi connectivity index (χ4n) is 3.54. The third-order valence-electron chi connectivity index (χ3n) is 5.10. The van der Waals surface area contributed by atoms with Crippen LogP contribution in [0.25, 0.3) is 33.7 Å². The number of aryl methyl sites for hydroxylation is 2. The molecule has 0 aliphatic heterocycles. The molecule has 0 spiro atoms. The molecule has 0 bridgehead atoms. The minimum absolute atomic E-state index is 0.254. The molecule has 1 unspecified atom stereocenters. The zero-order valence-electron chi connectivity index (χ0n) is 17.2. The number of H-pyrrole nitrogens is 1. The minimum atomic E-state index is -0.262. The van der Waals surface area contributed by atoms with Crippen LogP contribution >= 0.6 is 0 Å². The van der Waals surface area contributed by atoms with Gasteiger partial charge in [-0.3, -0.25) is 9.48 Å². The third-order valence-corrected chi connectivity index (χ3v) is 5.10. The lowest BCUT2D eigenvalue weighted by molar-refractivity contribution is 0.0929. The lowest BCUT2D eigenvalue weighted by atomic mass is 10.1. The Bertz CT molecular complexity index is 1380. The van der Waals surface area contributed by atoms with Crippen LogP contribution in [-0.4, -0.2) is 30.8 Å². The van der Waals surface area contributed by atoms with Crippen molar-refractivity contribution in [2.24, 2.45) is 7.05 Å². The molecule has 0 aliphatic rings. The predicted octanol–water partition coefficient (Wildman–Crippen LogP) is 4.01. The molecular formula is C22H20N6O3. The van der Waals surface area contributed by atoms with E-state index in [2.05, 4.69) is 25.5 Å². The van der Waals surface area contributed by atoms with E-state index in [9.17, 15) is 4.79 Å². The first-order valence-electron chi connectivity index (χ1n) is 9.80.